The van der Waals surface area contributed by atoms with Gasteiger partial charge in [0.2, 0.25) is 11.8 Å². The lowest BCUT2D eigenvalue weighted by atomic mass is 10.1. The largest absolute Gasteiger partial charge is 0.491 e. The molecule has 1 aromatic carbocycles. The van der Waals surface area contributed by atoms with Crippen molar-refractivity contribution >= 4 is 17.5 Å². The lowest BCUT2D eigenvalue weighted by molar-refractivity contribution is -0.132. The summed E-state index contributed by atoms with van der Waals surface area (Å²) >= 11 is 0. The fraction of sp³-hybridized carbons (Fsp3) is 0.429. The Kier molecular flexibility index (Phi) is 5.53. The van der Waals surface area contributed by atoms with Gasteiger partial charge in [0.1, 0.15) is 5.75 Å². The third-order valence-electron chi connectivity index (χ3n) is 3.20. The zero-order valence-corrected chi connectivity index (χ0v) is 11.6. The number of hydroxylamine groups is 1. The molecular weight excluding hydrogens is 274 g/mol. The Hall–Kier alpha value is -2.12. The normalized spacial score (nSPS) is 19.5. The first-order chi connectivity index (χ1) is 10.2. The van der Waals surface area contributed by atoms with E-state index in [1.807, 2.05) is 6.07 Å². The molecule has 0 bridgehead atoms. The molecule has 2 rings (SSSR count). The van der Waals surface area contributed by atoms with Crippen molar-refractivity contribution < 1.29 is 19.5 Å². The molecule has 1 atom stereocenters. The molecule has 0 radical (unpaired) electrons. The molecule has 114 valence electrons. The van der Waals surface area contributed by atoms with E-state index in [1.165, 1.54) is 0 Å². The van der Waals surface area contributed by atoms with Crippen LogP contribution in [-0.4, -0.2) is 36.2 Å². The summed E-state index contributed by atoms with van der Waals surface area (Å²) in [6.07, 6.45) is 1.53. The van der Waals surface area contributed by atoms with Gasteiger partial charge in [-0.15, -0.1) is 0 Å². The lowest BCUT2D eigenvalue weighted by Gasteiger charge is -2.17. The number of rotatable bonds is 2. The van der Waals surface area contributed by atoms with E-state index in [0.29, 0.717) is 24.6 Å². The molecule has 0 aromatic heterocycles. The number of para-hydroxylation sites is 2. The van der Waals surface area contributed by atoms with Crippen LogP contribution < -0.4 is 20.9 Å². The van der Waals surface area contributed by atoms with Gasteiger partial charge in [-0.25, -0.2) is 5.48 Å². The number of carbonyl (C=O) groups is 2. The first kappa shape index (κ1) is 15.3. The van der Waals surface area contributed by atoms with Crippen molar-refractivity contribution in [3.8, 4) is 5.75 Å². The van der Waals surface area contributed by atoms with Gasteiger partial charge >= 0.3 is 0 Å². The number of anilines is 1. The SMILES string of the molecule is O=C(C[C@@H]1NCCCCOc2ccccc2NC1=O)NO. The number of nitrogens with one attached hydrogen (secondary N) is 3. The van der Waals surface area contributed by atoms with Crippen LogP contribution in [0, 0.1) is 0 Å². The minimum Gasteiger partial charge on any atom is -0.491 e. The molecule has 0 saturated heterocycles. The molecule has 7 heteroatoms. The molecule has 0 fully saturated rings. The predicted octanol–water partition coefficient (Wildman–Crippen LogP) is 0.651. The van der Waals surface area contributed by atoms with Crippen molar-refractivity contribution in [2.24, 2.45) is 0 Å². The summed E-state index contributed by atoms with van der Waals surface area (Å²) in [6, 6.07) is 6.46. The van der Waals surface area contributed by atoms with Crippen LogP contribution in [0.15, 0.2) is 24.3 Å². The van der Waals surface area contributed by atoms with Gasteiger partial charge in [0.15, 0.2) is 0 Å². The van der Waals surface area contributed by atoms with Gasteiger partial charge < -0.3 is 15.4 Å². The van der Waals surface area contributed by atoms with Gasteiger partial charge in [-0.2, -0.15) is 0 Å². The van der Waals surface area contributed by atoms with Gasteiger partial charge in [0.05, 0.1) is 24.8 Å². The topological polar surface area (TPSA) is 99.7 Å². The molecule has 1 aliphatic rings. The molecule has 1 aromatic rings. The maximum atomic E-state index is 12.3. The van der Waals surface area contributed by atoms with E-state index in [9.17, 15) is 9.59 Å². The average Bonchev–Trinajstić information content (AvgIpc) is 2.52. The Bertz CT molecular complexity index is 507. The van der Waals surface area contributed by atoms with Crippen LogP contribution in [0.5, 0.6) is 5.75 Å². The zero-order valence-electron chi connectivity index (χ0n) is 11.6. The summed E-state index contributed by atoms with van der Waals surface area (Å²) < 4.78 is 5.64. The monoisotopic (exact) mass is 293 g/mol. The highest BCUT2D eigenvalue weighted by molar-refractivity contribution is 5.98. The van der Waals surface area contributed by atoms with Crippen LogP contribution >= 0.6 is 0 Å². The summed E-state index contributed by atoms with van der Waals surface area (Å²) in [5.74, 6) is -0.336. The van der Waals surface area contributed by atoms with Crippen LogP contribution in [0.25, 0.3) is 0 Å². The predicted molar refractivity (Wildman–Crippen MR) is 76.1 cm³/mol. The number of fused-ring (bicyclic) bond motifs is 1. The molecule has 4 N–H and O–H groups in total. The number of carbonyl (C=O) groups excluding carboxylic acids is 2. The van der Waals surface area contributed by atoms with Crippen molar-refractivity contribution in [3.63, 3.8) is 0 Å². The molecule has 0 aliphatic carbocycles. The summed E-state index contributed by atoms with van der Waals surface area (Å²) in [5, 5.41) is 14.4. The third-order valence-corrected chi connectivity index (χ3v) is 3.20. The van der Waals surface area contributed by atoms with E-state index >= 15 is 0 Å². The summed E-state index contributed by atoms with van der Waals surface area (Å²) in [4.78, 5) is 23.6. The van der Waals surface area contributed by atoms with E-state index < -0.39 is 11.9 Å². The Labute approximate surface area is 122 Å². The van der Waals surface area contributed by atoms with E-state index in [1.54, 1.807) is 23.7 Å². The number of hydrogen-bond donors (Lipinski definition) is 4. The van der Waals surface area contributed by atoms with Crippen molar-refractivity contribution in [1.29, 1.82) is 0 Å². The Morgan fingerprint density at radius 3 is 3.00 bits per heavy atom. The van der Waals surface area contributed by atoms with Gasteiger partial charge in [-0.1, -0.05) is 12.1 Å². The third kappa shape index (κ3) is 4.44. The second kappa shape index (κ2) is 7.61. The van der Waals surface area contributed by atoms with Crippen molar-refractivity contribution in [1.82, 2.24) is 10.8 Å². The standard InChI is InChI=1S/C14H19N3O4/c18-13(17-20)9-11-14(19)16-10-5-1-2-6-12(10)21-8-4-3-7-15-11/h1-2,5-6,11,15,20H,3-4,7-9H2,(H,16,19)(H,17,18)/t11-/m0/s1. The molecule has 2 amide bonds. The highest BCUT2D eigenvalue weighted by Crippen LogP contribution is 2.24. The van der Waals surface area contributed by atoms with Gasteiger partial charge in [0, 0.05) is 0 Å². The van der Waals surface area contributed by atoms with Crippen LogP contribution in [-0.2, 0) is 9.59 Å². The zero-order chi connectivity index (χ0) is 15.1. The van der Waals surface area contributed by atoms with Crippen molar-refractivity contribution in [2.45, 2.75) is 25.3 Å². The van der Waals surface area contributed by atoms with Crippen molar-refractivity contribution in [2.75, 3.05) is 18.5 Å². The van der Waals surface area contributed by atoms with Crippen LogP contribution in [0.2, 0.25) is 0 Å². The Morgan fingerprint density at radius 2 is 2.19 bits per heavy atom. The van der Waals surface area contributed by atoms with Crippen LogP contribution in [0.4, 0.5) is 5.69 Å². The smallest absolute Gasteiger partial charge is 0.245 e. The second-order valence-corrected chi connectivity index (χ2v) is 4.79. The fourth-order valence-electron chi connectivity index (χ4n) is 2.09. The Morgan fingerprint density at radius 1 is 1.38 bits per heavy atom. The summed E-state index contributed by atoms with van der Waals surface area (Å²) in [6.45, 7) is 1.16. The van der Waals surface area contributed by atoms with Gasteiger partial charge in [0.25, 0.3) is 0 Å². The van der Waals surface area contributed by atoms with Crippen molar-refractivity contribution in [3.05, 3.63) is 24.3 Å². The Balaban J connectivity index is 2.16. The number of benzene rings is 1. The average molecular weight is 293 g/mol. The molecular formula is C14H19N3O4. The molecule has 0 saturated carbocycles. The minimum absolute atomic E-state index is 0.134. The van der Waals surface area contributed by atoms with Crippen LogP contribution in [0.3, 0.4) is 0 Å². The number of ether oxygens (including phenoxy) is 1. The fourth-order valence-corrected chi connectivity index (χ4v) is 2.09. The molecule has 0 spiro atoms. The lowest BCUT2D eigenvalue weighted by Crippen LogP contribution is -2.44. The van der Waals surface area contributed by atoms with Crippen LogP contribution in [0.1, 0.15) is 19.3 Å². The highest BCUT2D eigenvalue weighted by Gasteiger charge is 2.22. The number of hydrogen-bond acceptors (Lipinski definition) is 5. The summed E-state index contributed by atoms with van der Waals surface area (Å²) in [7, 11) is 0. The minimum atomic E-state index is -0.705. The maximum absolute atomic E-state index is 12.3. The quantitative estimate of drug-likeness (QED) is 0.474. The van der Waals surface area contributed by atoms with E-state index in [2.05, 4.69) is 10.6 Å². The second-order valence-electron chi connectivity index (χ2n) is 4.79. The molecule has 1 aliphatic heterocycles. The molecule has 7 nitrogen and oxygen atoms in total. The number of amides is 2. The molecule has 21 heavy (non-hydrogen) atoms. The molecule has 0 unspecified atom stereocenters. The van der Waals surface area contributed by atoms with E-state index in [-0.39, 0.29) is 12.3 Å². The van der Waals surface area contributed by atoms with E-state index in [4.69, 9.17) is 9.94 Å². The molecule has 1 heterocycles. The first-order valence-electron chi connectivity index (χ1n) is 6.89. The highest BCUT2D eigenvalue weighted by atomic mass is 16.5. The maximum Gasteiger partial charge on any atom is 0.245 e. The van der Waals surface area contributed by atoms with Gasteiger partial charge in [-0.05, 0) is 31.5 Å². The first-order valence-corrected chi connectivity index (χ1v) is 6.89. The van der Waals surface area contributed by atoms with Gasteiger partial charge in [-0.3, -0.25) is 14.8 Å². The summed E-state index contributed by atoms with van der Waals surface area (Å²) in [5.41, 5.74) is 2.11. The van der Waals surface area contributed by atoms with E-state index in [0.717, 1.165) is 12.8 Å².